The van der Waals surface area contributed by atoms with E-state index in [9.17, 15) is 20.0 Å². The van der Waals surface area contributed by atoms with Crippen LogP contribution in [0.3, 0.4) is 0 Å². The van der Waals surface area contributed by atoms with Crippen molar-refractivity contribution in [2.45, 2.75) is 12.3 Å². The SMILES string of the molecule is Cc1cc2c(c(=O)o1)[C@]1(C(=O)N(CO)c3ccccc31)C(C#N)=C(N)O2. The summed E-state index contributed by atoms with van der Waals surface area (Å²) in [6.45, 7) is 0.936. The van der Waals surface area contributed by atoms with E-state index in [-0.39, 0.29) is 28.5 Å². The first-order valence-corrected chi connectivity index (χ1v) is 7.72. The summed E-state index contributed by atoms with van der Waals surface area (Å²) < 4.78 is 10.6. The number of nitrogens with zero attached hydrogens (tertiary/aromatic N) is 2. The number of carbonyl (C=O) groups excluding carboxylic acids is 1. The van der Waals surface area contributed by atoms with E-state index in [4.69, 9.17) is 14.9 Å². The molecule has 0 saturated heterocycles. The van der Waals surface area contributed by atoms with Crippen molar-refractivity contribution >= 4 is 11.6 Å². The normalized spacial score (nSPS) is 20.7. The number of ether oxygens (including phenoxy) is 1. The van der Waals surface area contributed by atoms with Gasteiger partial charge in [0, 0.05) is 11.6 Å². The minimum Gasteiger partial charge on any atom is -0.440 e. The summed E-state index contributed by atoms with van der Waals surface area (Å²) in [6, 6.07) is 9.94. The van der Waals surface area contributed by atoms with E-state index in [1.807, 2.05) is 6.07 Å². The molecule has 8 nitrogen and oxygen atoms in total. The molecule has 1 spiro atoms. The number of amides is 1. The van der Waals surface area contributed by atoms with E-state index >= 15 is 0 Å². The Bertz CT molecular complexity index is 1090. The highest BCUT2D eigenvalue weighted by Gasteiger charge is 2.60. The number of nitriles is 1. The molecule has 26 heavy (non-hydrogen) atoms. The number of benzene rings is 1. The van der Waals surface area contributed by atoms with E-state index in [1.165, 1.54) is 6.07 Å². The molecule has 1 atom stereocenters. The van der Waals surface area contributed by atoms with E-state index in [0.29, 0.717) is 11.3 Å². The topological polar surface area (TPSA) is 130 Å². The van der Waals surface area contributed by atoms with Gasteiger partial charge in [-0.15, -0.1) is 0 Å². The van der Waals surface area contributed by atoms with Crippen molar-refractivity contribution in [3.63, 3.8) is 0 Å². The molecule has 2 aromatic rings. The maximum Gasteiger partial charge on any atom is 0.344 e. The van der Waals surface area contributed by atoms with Crippen molar-refractivity contribution in [1.82, 2.24) is 0 Å². The molecule has 1 amide bonds. The standard InChI is InChI=1S/C18H13N3O5/c1-9-6-13-14(16(23)25-9)18(11(7-19)15(20)26-13)10-4-2-3-5-12(10)21(8-22)17(18)24/h2-6,22H,8,20H2,1H3/t18-/m1/s1. The maximum absolute atomic E-state index is 13.4. The van der Waals surface area contributed by atoms with Crippen LogP contribution >= 0.6 is 0 Å². The third-order valence-electron chi connectivity index (χ3n) is 4.67. The summed E-state index contributed by atoms with van der Waals surface area (Å²) in [4.78, 5) is 27.2. The van der Waals surface area contributed by atoms with Gasteiger partial charge in [0.05, 0.1) is 5.69 Å². The maximum atomic E-state index is 13.4. The molecule has 0 fully saturated rings. The molecule has 0 unspecified atom stereocenters. The summed E-state index contributed by atoms with van der Waals surface area (Å²) in [5.74, 6) is -0.609. The zero-order valence-corrected chi connectivity index (χ0v) is 13.6. The quantitative estimate of drug-likeness (QED) is 0.770. The lowest BCUT2D eigenvalue weighted by molar-refractivity contribution is -0.121. The molecule has 0 bridgehead atoms. The van der Waals surface area contributed by atoms with Crippen LogP contribution in [0, 0.1) is 18.3 Å². The number of para-hydroxylation sites is 1. The van der Waals surface area contributed by atoms with Gasteiger partial charge in [-0.3, -0.25) is 9.69 Å². The number of nitrogens with two attached hydrogens (primary N) is 1. The number of anilines is 1. The van der Waals surface area contributed by atoms with Crippen molar-refractivity contribution in [3.05, 3.63) is 69.1 Å². The zero-order valence-electron chi connectivity index (χ0n) is 13.6. The van der Waals surface area contributed by atoms with Crippen LogP contribution in [0.2, 0.25) is 0 Å². The highest BCUT2D eigenvalue weighted by atomic mass is 16.5. The molecular weight excluding hydrogens is 338 g/mol. The van der Waals surface area contributed by atoms with Gasteiger partial charge < -0.3 is 20.0 Å². The minimum absolute atomic E-state index is 0.0539. The fraction of sp³-hybridized carbons (Fsp3) is 0.167. The summed E-state index contributed by atoms with van der Waals surface area (Å²) in [5, 5.41) is 19.5. The summed E-state index contributed by atoms with van der Waals surface area (Å²) in [6.07, 6.45) is 0. The van der Waals surface area contributed by atoms with Crippen LogP contribution in [0.25, 0.3) is 0 Å². The number of fused-ring (bicyclic) bond motifs is 4. The average molecular weight is 351 g/mol. The zero-order chi connectivity index (χ0) is 18.6. The van der Waals surface area contributed by atoms with E-state index in [0.717, 1.165) is 4.90 Å². The summed E-state index contributed by atoms with van der Waals surface area (Å²) >= 11 is 0. The van der Waals surface area contributed by atoms with E-state index in [1.54, 1.807) is 31.2 Å². The molecular formula is C18H13N3O5. The number of carbonyl (C=O) groups is 1. The summed E-state index contributed by atoms with van der Waals surface area (Å²) in [5.41, 5.74) is 3.72. The van der Waals surface area contributed by atoms with Crippen LogP contribution in [0.5, 0.6) is 5.75 Å². The lowest BCUT2D eigenvalue weighted by atomic mass is 9.69. The predicted octanol–water partition coefficient (Wildman–Crippen LogP) is 0.617. The molecule has 0 radical (unpaired) electrons. The van der Waals surface area contributed by atoms with E-state index < -0.39 is 23.7 Å². The Kier molecular flexibility index (Phi) is 3.19. The highest BCUT2D eigenvalue weighted by molar-refractivity contribution is 6.14. The van der Waals surface area contributed by atoms with Crippen molar-refractivity contribution < 1.29 is 19.1 Å². The van der Waals surface area contributed by atoms with Crippen LogP contribution in [-0.4, -0.2) is 17.7 Å². The average Bonchev–Trinajstić information content (AvgIpc) is 2.84. The monoisotopic (exact) mass is 351 g/mol. The van der Waals surface area contributed by atoms with Gasteiger partial charge in [0.15, 0.2) is 5.41 Å². The second-order valence-electron chi connectivity index (χ2n) is 5.98. The van der Waals surface area contributed by atoms with Gasteiger partial charge in [-0.2, -0.15) is 5.26 Å². The van der Waals surface area contributed by atoms with Crippen molar-refractivity contribution in [1.29, 1.82) is 5.26 Å². The Labute approximate surface area is 147 Å². The number of rotatable bonds is 1. The lowest BCUT2D eigenvalue weighted by Crippen LogP contribution is -2.48. The van der Waals surface area contributed by atoms with Crippen LogP contribution in [-0.2, 0) is 10.2 Å². The molecule has 2 aliphatic rings. The first kappa shape index (κ1) is 15.9. The third kappa shape index (κ3) is 1.70. The summed E-state index contributed by atoms with van der Waals surface area (Å²) in [7, 11) is 0. The lowest BCUT2D eigenvalue weighted by Gasteiger charge is -2.32. The van der Waals surface area contributed by atoms with Gasteiger partial charge in [-0.1, -0.05) is 18.2 Å². The smallest absolute Gasteiger partial charge is 0.344 e. The second kappa shape index (κ2) is 5.21. The van der Waals surface area contributed by atoms with Crippen LogP contribution in [0.15, 0.2) is 51.0 Å². The molecule has 8 heteroatoms. The van der Waals surface area contributed by atoms with Gasteiger partial charge in [0.25, 0.3) is 0 Å². The molecule has 2 aliphatic heterocycles. The molecule has 0 saturated carbocycles. The van der Waals surface area contributed by atoms with Crippen LogP contribution in [0.4, 0.5) is 5.69 Å². The largest absolute Gasteiger partial charge is 0.440 e. The fourth-order valence-corrected chi connectivity index (χ4v) is 3.70. The Morgan fingerprint density at radius 3 is 2.77 bits per heavy atom. The molecule has 1 aromatic heterocycles. The Hall–Kier alpha value is -3.57. The van der Waals surface area contributed by atoms with Gasteiger partial charge in [0.2, 0.25) is 11.8 Å². The number of aliphatic hydroxyl groups is 1. The van der Waals surface area contributed by atoms with Gasteiger partial charge >= 0.3 is 5.63 Å². The number of aryl methyl sites for hydroxylation is 1. The Morgan fingerprint density at radius 2 is 2.08 bits per heavy atom. The molecule has 1 aromatic carbocycles. The fourth-order valence-electron chi connectivity index (χ4n) is 3.70. The molecule has 130 valence electrons. The second-order valence-corrected chi connectivity index (χ2v) is 5.98. The van der Waals surface area contributed by atoms with Crippen molar-refractivity contribution in [2.75, 3.05) is 11.6 Å². The number of hydrogen-bond donors (Lipinski definition) is 2. The molecule has 3 N–H and O–H groups in total. The van der Waals surface area contributed by atoms with Crippen molar-refractivity contribution in [2.24, 2.45) is 5.73 Å². The van der Waals surface area contributed by atoms with Crippen molar-refractivity contribution in [3.8, 4) is 11.8 Å². The Morgan fingerprint density at radius 1 is 1.35 bits per heavy atom. The minimum atomic E-state index is -1.82. The molecule has 4 rings (SSSR count). The molecule has 0 aliphatic carbocycles. The van der Waals surface area contributed by atoms with Gasteiger partial charge in [-0.25, -0.2) is 4.79 Å². The van der Waals surface area contributed by atoms with E-state index in [2.05, 4.69) is 0 Å². The first-order valence-electron chi connectivity index (χ1n) is 7.72. The van der Waals surface area contributed by atoms with Crippen LogP contribution < -0.4 is 21.0 Å². The number of aliphatic hydroxyl groups excluding tert-OH is 1. The molecule has 3 heterocycles. The third-order valence-corrected chi connectivity index (χ3v) is 4.67. The Balaban J connectivity index is 2.22. The van der Waals surface area contributed by atoms with Crippen LogP contribution in [0.1, 0.15) is 16.9 Å². The van der Waals surface area contributed by atoms with Gasteiger partial charge in [0.1, 0.15) is 35.4 Å². The van der Waals surface area contributed by atoms with Gasteiger partial charge in [-0.05, 0) is 13.0 Å². The highest BCUT2D eigenvalue weighted by Crippen LogP contribution is 2.53. The first-order chi connectivity index (χ1) is 12.5. The number of hydrogen-bond acceptors (Lipinski definition) is 7. The predicted molar refractivity (Wildman–Crippen MR) is 89.0 cm³/mol.